The molecule has 0 amide bonds. The smallest absolute Gasteiger partial charge is 0.138 e. The van der Waals surface area contributed by atoms with Crippen molar-refractivity contribution in [3.05, 3.63) is 35.1 Å². The molecule has 0 bridgehead atoms. The molecule has 1 N–H and O–H groups in total. The first-order valence-corrected chi connectivity index (χ1v) is 6.41. The zero-order valence-electron chi connectivity index (χ0n) is 11.0. The van der Waals surface area contributed by atoms with E-state index < -0.39 is 0 Å². The second-order valence-corrected chi connectivity index (χ2v) is 4.69. The molecule has 1 aromatic carbocycles. The highest BCUT2D eigenvalue weighted by Crippen LogP contribution is 2.14. The first kappa shape index (κ1) is 14.0. The number of ether oxygens (including phenoxy) is 1. The van der Waals surface area contributed by atoms with Gasteiger partial charge in [0, 0.05) is 19.6 Å². The highest BCUT2D eigenvalue weighted by atomic mass is 19.1. The molecule has 1 aliphatic rings. The number of aliphatic hydroxyl groups is 1. The minimum Gasteiger partial charge on any atom is -0.384 e. The van der Waals surface area contributed by atoms with Crippen LogP contribution in [0, 0.1) is 17.7 Å². The Morgan fingerprint density at radius 2 is 2.37 bits per heavy atom. The van der Waals surface area contributed by atoms with Crippen molar-refractivity contribution in [2.24, 2.45) is 0 Å². The summed E-state index contributed by atoms with van der Waals surface area (Å²) in [5.74, 6) is 4.76. The highest BCUT2D eigenvalue weighted by Gasteiger charge is 2.16. The Balaban J connectivity index is 2.08. The summed E-state index contributed by atoms with van der Waals surface area (Å²) in [6.45, 7) is 5.06. The zero-order chi connectivity index (χ0) is 13.7. The Labute approximate surface area is 113 Å². The number of benzene rings is 1. The Morgan fingerprint density at radius 3 is 3.11 bits per heavy atom. The third-order valence-electron chi connectivity index (χ3n) is 3.06. The maximum atomic E-state index is 13.5. The average Bonchev–Trinajstić information content (AvgIpc) is 2.39. The molecule has 0 spiro atoms. The average molecular weight is 263 g/mol. The molecule has 1 unspecified atom stereocenters. The molecule has 1 heterocycles. The van der Waals surface area contributed by atoms with Gasteiger partial charge >= 0.3 is 0 Å². The summed E-state index contributed by atoms with van der Waals surface area (Å²) in [5, 5.41) is 8.66. The Hall–Kier alpha value is -1.41. The summed E-state index contributed by atoms with van der Waals surface area (Å²) in [6, 6.07) is 4.96. The van der Waals surface area contributed by atoms with Crippen LogP contribution in [0.4, 0.5) is 4.39 Å². The predicted molar refractivity (Wildman–Crippen MR) is 71.1 cm³/mol. The summed E-state index contributed by atoms with van der Waals surface area (Å²) in [4.78, 5) is 2.28. The van der Waals surface area contributed by atoms with Gasteiger partial charge in [0.15, 0.2) is 0 Å². The van der Waals surface area contributed by atoms with Crippen LogP contribution in [-0.2, 0) is 11.3 Å². The lowest BCUT2D eigenvalue weighted by atomic mass is 10.1. The van der Waals surface area contributed by atoms with Crippen LogP contribution in [0.25, 0.3) is 0 Å². The predicted octanol–water partition coefficient (Wildman–Crippen LogP) is 1.39. The molecule has 1 aliphatic heterocycles. The molecule has 3 nitrogen and oxygen atoms in total. The maximum Gasteiger partial charge on any atom is 0.138 e. The normalized spacial score (nSPS) is 19.8. The van der Waals surface area contributed by atoms with E-state index in [1.54, 1.807) is 12.1 Å². The Morgan fingerprint density at radius 1 is 1.53 bits per heavy atom. The Bertz CT molecular complexity index is 493. The number of aliphatic hydroxyl groups excluding tert-OH is 1. The van der Waals surface area contributed by atoms with Gasteiger partial charge in [-0.15, -0.1) is 0 Å². The molecule has 102 valence electrons. The standard InChI is InChI=1S/C15H18FNO2/c1-12-10-17(6-8-19-12)11-13-4-5-15(16)14(9-13)3-2-7-18/h4-5,9,12,18H,6-8,10-11H2,1H3. The molecular weight excluding hydrogens is 245 g/mol. The van der Waals surface area contributed by atoms with Crippen molar-refractivity contribution in [1.82, 2.24) is 4.90 Å². The largest absolute Gasteiger partial charge is 0.384 e. The van der Waals surface area contributed by atoms with Crippen LogP contribution in [0.1, 0.15) is 18.1 Å². The second-order valence-electron chi connectivity index (χ2n) is 4.69. The van der Waals surface area contributed by atoms with E-state index in [9.17, 15) is 4.39 Å². The van der Waals surface area contributed by atoms with E-state index in [0.717, 1.165) is 31.8 Å². The summed E-state index contributed by atoms with van der Waals surface area (Å²) in [5.41, 5.74) is 1.37. The molecule has 1 atom stereocenters. The van der Waals surface area contributed by atoms with Gasteiger partial charge in [-0.25, -0.2) is 4.39 Å². The first-order chi connectivity index (χ1) is 9.19. The van der Waals surface area contributed by atoms with Crippen LogP contribution in [0.3, 0.4) is 0 Å². The van der Waals surface area contributed by atoms with Crippen molar-refractivity contribution in [3.63, 3.8) is 0 Å². The number of hydrogen-bond acceptors (Lipinski definition) is 3. The second kappa shape index (κ2) is 6.67. The van der Waals surface area contributed by atoms with E-state index in [4.69, 9.17) is 9.84 Å². The third-order valence-corrected chi connectivity index (χ3v) is 3.06. The fourth-order valence-electron chi connectivity index (χ4n) is 2.19. The quantitative estimate of drug-likeness (QED) is 0.819. The summed E-state index contributed by atoms with van der Waals surface area (Å²) >= 11 is 0. The van der Waals surface area contributed by atoms with E-state index in [2.05, 4.69) is 23.7 Å². The molecule has 0 aliphatic carbocycles. The van der Waals surface area contributed by atoms with Gasteiger partial charge < -0.3 is 9.84 Å². The number of hydrogen-bond donors (Lipinski definition) is 1. The van der Waals surface area contributed by atoms with Gasteiger partial charge in [0.2, 0.25) is 0 Å². The number of halogens is 1. The van der Waals surface area contributed by atoms with Crippen molar-refractivity contribution in [3.8, 4) is 11.8 Å². The van der Waals surface area contributed by atoms with E-state index in [1.807, 2.05) is 0 Å². The van der Waals surface area contributed by atoms with Crippen LogP contribution in [-0.4, -0.2) is 42.4 Å². The van der Waals surface area contributed by atoms with Gasteiger partial charge in [0.25, 0.3) is 0 Å². The molecule has 19 heavy (non-hydrogen) atoms. The molecule has 0 saturated carbocycles. The van der Waals surface area contributed by atoms with Crippen LogP contribution in [0.15, 0.2) is 18.2 Å². The molecule has 1 fully saturated rings. The number of rotatable bonds is 2. The molecule has 1 saturated heterocycles. The molecule has 0 aromatic heterocycles. The van der Waals surface area contributed by atoms with E-state index in [0.29, 0.717) is 5.56 Å². The minimum atomic E-state index is -0.347. The molecule has 2 rings (SSSR count). The molecule has 4 heteroatoms. The van der Waals surface area contributed by atoms with Gasteiger partial charge in [-0.3, -0.25) is 4.90 Å². The SMILES string of the molecule is CC1CN(Cc2ccc(F)c(C#CCO)c2)CCO1. The molecule has 1 aromatic rings. The lowest BCUT2D eigenvalue weighted by molar-refractivity contribution is -0.0212. The fourth-order valence-corrected chi connectivity index (χ4v) is 2.19. The fraction of sp³-hybridized carbons (Fsp3) is 0.467. The van der Waals surface area contributed by atoms with Gasteiger partial charge in [0.05, 0.1) is 18.3 Å². The van der Waals surface area contributed by atoms with Gasteiger partial charge in [-0.2, -0.15) is 0 Å². The maximum absolute atomic E-state index is 13.5. The lowest BCUT2D eigenvalue weighted by Crippen LogP contribution is -2.40. The van der Waals surface area contributed by atoms with Crippen LogP contribution in [0.5, 0.6) is 0 Å². The van der Waals surface area contributed by atoms with E-state index in [1.165, 1.54) is 6.07 Å². The van der Waals surface area contributed by atoms with Crippen molar-refractivity contribution in [2.45, 2.75) is 19.6 Å². The summed E-state index contributed by atoms with van der Waals surface area (Å²) in [7, 11) is 0. The molecular formula is C15H18FNO2. The topological polar surface area (TPSA) is 32.7 Å². The third kappa shape index (κ3) is 4.03. The summed E-state index contributed by atoms with van der Waals surface area (Å²) < 4.78 is 19.0. The van der Waals surface area contributed by atoms with Crippen molar-refractivity contribution < 1.29 is 14.2 Å². The van der Waals surface area contributed by atoms with Gasteiger partial charge in [-0.1, -0.05) is 17.9 Å². The van der Waals surface area contributed by atoms with Crippen LogP contribution < -0.4 is 0 Å². The van der Waals surface area contributed by atoms with Crippen LogP contribution >= 0.6 is 0 Å². The van der Waals surface area contributed by atoms with Crippen molar-refractivity contribution >= 4 is 0 Å². The lowest BCUT2D eigenvalue weighted by Gasteiger charge is -2.31. The zero-order valence-corrected chi connectivity index (χ0v) is 11.0. The van der Waals surface area contributed by atoms with Crippen LogP contribution in [0.2, 0.25) is 0 Å². The van der Waals surface area contributed by atoms with Gasteiger partial charge in [-0.05, 0) is 24.6 Å². The van der Waals surface area contributed by atoms with E-state index >= 15 is 0 Å². The monoisotopic (exact) mass is 263 g/mol. The Kier molecular flexibility index (Phi) is 4.92. The van der Waals surface area contributed by atoms with Crippen molar-refractivity contribution in [1.29, 1.82) is 0 Å². The number of morpholine rings is 1. The van der Waals surface area contributed by atoms with Gasteiger partial charge in [0.1, 0.15) is 12.4 Å². The highest BCUT2D eigenvalue weighted by molar-refractivity contribution is 5.38. The summed E-state index contributed by atoms with van der Waals surface area (Å²) in [6.07, 6.45) is 0.239. The van der Waals surface area contributed by atoms with Crippen molar-refractivity contribution in [2.75, 3.05) is 26.3 Å². The minimum absolute atomic E-state index is 0.239. The number of nitrogens with zero attached hydrogens (tertiary/aromatic N) is 1. The first-order valence-electron chi connectivity index (χ1n) is 6.41. The molecule has 0 radical (unpaired) electrons. The van der Waals surface area contributed by atoms with E-state index in [-0.39, 0.29) is 18.5 Å².